The van der Waals surface area contributed by atoms with Crippen molar-refractivity contribution in [1.29, 1.82) is 0 Å². The summed E-state index contributed by atoms with van der Waals surface area (Å²) in [4.78, 5) is 11.6. The maximum absolute atomic E-state index is 12.6. The van der Waals surface area contributed by atoms with Gasteiger partial charge >= 0.3 is 5.97 Å². The van der Waals surface area contributed by atoms with Crippen molar-refractivity contribution in [3.05, 3.63) is 50.8 Å². The normalized spacial score (nSPS) is 12.8. The van der Waals surface area contributed by atoms with E-state index in [9.17, 15) is 13.2 Å². The molecule has 5 nitrogen and oxygen atoms in total. The van der Waals surface area contributed by atoms with Crippen molar-refractivity contribution >= 4 is 54.9 Å². The van der Waals surface area contributed by atoms with Gasteiger partial charge in [-0.05, 0) is 39.0 Å². The standard InChI is InChI=1S/C14H13BrClNO4S2/c1-21-13(18)8-12(9-4-2-3-5-11(9)16)17-23(19,20)14-10(15)6-7-22-14/h2-7,12,17H,8H2,1H3. The van der Waals surface area contributed by atoms with Crippen LogP contribution in [0.4, 0.5) is 0 Å². The molecular weight excluding hydrogens is 426 g/mol. The molecule has 0 fully saturated rings. The minimum absolute atomic E-state index is 0.138. The molecule has 2 aromatic rings. The number of carbonyl (C=O) groups excluding carboxylic acids is 1. The highest BCUT2D eigenvalue weighted by Crippen LogP contribution is 2.31. The smallest absolute Gasteiger partial charge is 0.307 e. The molecule has 23 heavy (non-hydrogen) atoms. The zero-order valence-corrected chi connectivity index (χ0v) is 15.9. The van der Waals surface area contributed by atoms with Gasteiger partial charge in [0.05, 0.1) is 19.6 Å². The number of rotatable bonds is 6. The Kier molecular flexibility index (Phi) is 6.21. The van der Waals surface area contributed by atoms with Gasteiger partial charge in [0.1, 0.15) is 4.21 Å². The number of thiophene rings is 1. The number of benzene rings is 1. The van der Waals surface area contributed by atoms with Gasteiger partial charge in [0, 0.05) is 9.50 Å². The summed E-state index contributed by atoms with van der Waals surface area (Å²) in [6.07, 6.45) is -0.164. The quantitative estimate of drug-likeness (QED) is 0.697. The third kappa shape index (κ3) is 4.54. The van der Waals surface area contributed by atoms with E-state index in [1.807, 2.05) is 0 Å². The van der Waals surface area contributed by atoms with Crippen molar-refractivity contribution in [2.75, 3.05) is 7.11 Å². The molecule has 1 aromatic heterocycles. The van der Waals surface area contributed by atoms with Crippen LogP contribution in [0.15, 0.2) is 44.4 Å². The zero-order chi connectivity index (χ0) is 17.0. The lowest BCUT2D eigenvalue weighted by Crippen LogP contribution is -2.30. The van der Waals surface area contributed by atoms with Crippen LogP contribution in [0.1, 0.15) is 18.0 Å². The first kappa shape index (κ1) is 18.4. The van der Waals surface area contributed by atoms with E-state index in [0.29, 0.717) is 15.1 Å². The topological polar surface area (TPSA) is 72.5 Å². The number of ether oxygens (including phenoxy) is 1. The van der Waals surface area contributed by atoms with Gasteiger partial charge in [-0.25, -0.2) is 13.1 Å². The lowest BCUT2D eigenvalue weighted by atomic mass is 10.1. The highest BCUT2D eigenvalue weighted by molar-refractivity contribution is 9.10. The van der Waals surface area contributed by atoms with E-state index in [4.69, 9.17) is 11.6 Å². The number of sulfonamides is 1. The van der Waals surface area contributed by atoms with E-state index in [1.54, 1.807) is 35.7 Å². The Hall–Kier alpha value is -0.930. The average Bonchev–Trinajstić information content (AvgIpc) is 2.94. The molecule has 1 N–H and O–H groups in total. The number of hydrogen-bond donors (Lipinski definition) is 1. The second-order valence-electron chi connectivity index (χ2n) is 4.53. The summed E-state index contributed by atoms with van der Waals surface area (Å²) in [7, 11) is -2.56. The lowest BCUT2D eigenvalue weighted by Gasteiger charge is -2.19. The van der Waals surface area contributed by atoms with Gasteiger partial charge in [0.15, 0.2) is 0 Å². The molecule has 0 amide bonds. The summed E-state index contributed by atoms with van der Waals surface area (Å²) < 4.78 is 32.9. The molecule has 1 heterocycles. The molecule has 0 aliphatic heterocycles. The molecule has 1 aromatic carbocycles. The summed E-state index contributed by atoms with van der Waals surface area (Å²) in [5.74, 6) is -0.539. The predicted octanol–water partition coefficient (Wildman–Crippen LogP) is 3.75. The third-order valence-corrected chi connectivity index (χ3v) is 7.49. The van der Waals surface area contributed by atoms with Crippen molar-refractivity contribution < 1.29 is 17.9 Å². The minimum atomic E-state index is -3.81. The SMILES string of the molecule is COC(=O)CC(NS(=O)(=O)c1sccc1Br)c1ccccc1Cl. The molecule has 0 aliphatic rings. The molecule has 0 spiro atoms. The van der Waals surface area contributed by atoms with E-state index >= 15 is 0 Å². The number of hydrogen-bond acceptors (Lipinski definition) is 5. The Morgan fingerprint density at radius 2 is 2.09 bits per heavy atom. The summed E-state index contributed by atoms with van der Waals surface area (Å²) in [6.45, 7) is 0. The molecular formula is C14H13BrClNO4S2. The highest BCUT2D eigenvalue weighted by atomic mass is 79.9. The van der Waals surface area contributed by atoms with Crippen molar-refractivity contribution in [2.45, 2.75) is 16.7 Å². The molecule has 1 atom stereocenters. The fraction of sp³-hybridized carbons (Fsp3) is 0.214. The van der Waals surface area contributed by atoms with Crippen LogP contribution in [-0.2, 0) is 19.6 Å². The molecule has 0 saturated heterocycles. The minimum Gasteiger partial charge on any atom is -0.469 e. The number of halogens is 2. The van der Waals surface area contributed by atoms with E-state index in [-0.39, 0.29) is 10.6 Å². The van der Waals surface area contributed by atoms with Crippen LogP contribution in [0, 0.1) is 0 Å². The Balaban J connectivity index is 2.37. The largest absolute Gasteiger partial charge is 0.469 e. The molecule has 9 heteroatoms. The van der Waals surface area contributed by atoms with Crippen LogP contribution in [0.3, 0.4) is 0 Å². The molecule has 0 aliphatic carbocycles. The van der Waals surface area contributed by atoms with E-state index in [2.05, 4.69) is 25.4 Å². The van der Waals surface area contributed by atoms with Crippen molar-refractivity contribution in [3.8, 4) is 0 Å². The monoisotopic (exact) mass is 437 g/mol. The van der Waals surface area contributed by atoms with Gasteiger partial charge in [0.25, 0.3) is 10.0 Å². The highest BCUT2D eigenvalue weighted by Gasteiger charge is 2.27. The average molecular weight is 439 g/mol. The van der Waals surface area contributed by atoms with E-state index in [1.165, 1.54) is 7.11 Å². The third-order valence-electron chi connectivity index (χ3n) is 3.01. The van der Waals surface area contributed by atoms with Gasteiger partial charge in [-0.3, -0.25) is 4.79 Å². The second-order valence-corrected chi connectivity index (χ2v) is 8.62. The summed E-state index contributed by atoms with van der Waals surface area (Å²) in [5.41, 5.74) is 0.510. The number of nitrogens with one attached hydrogen (secondary N) is 1. The summed E-state index contributed by atoms with van der Waals surface area (Å²) >= 11 is 10.4. The first-order valence-electron chi connectivity index (χ1n) is 6.41. The molecule has 0 bridgehead atoms. The second kappa shape index (κ2) is 7.76. The molecule has 2 rings (SSSR count). The molecule has 1 unspecified atom stereocenters. The Bertz CT molecular complexity index is 807. The number of methoxy groups -OCH3 is 1. The fourth-order valence-electron chi connectivity index (χ4n) is 1.94. The maximum atomic E-state index is 12.6. The first-order valence-corrected chi connectivity index (χ1v) is 9.95. The molecule has 124 valence electrons. The van der Waals surface area contributed by atoms with Gasteiger partial charge in [-0.1, -0.05) is 29.8 Å². The fourth-order valence-corrected chi connectivity index (χ4v) is 5.77. The van der Waals surface area contributed by atoms with E-state index < -0.39 is 22.0 Å². The van der Waals surface area contributed by atoms with Crippen molar-refractivity contribution in [3.63, 3.8) is 0 Å². The lowest BCUT2D eigenvalue weighted by molar-refractivity contribution is -0.141. The van der Waals surface area contributed by atoms with Crippen LogP contribution in [0.2, 0.25) is 5.02 Å². The van der Waals surface area contributed by atoms with Gasteiger partial charge in [0.2, 0.25) is 0 Å². The predicted molar refractivity (Wildman–Crippen MR) is 93.2 cm³/mol. The number of carbonyl (C=O) groups is 1. The van der Waals surface area contributed by atoms with Gasteiger partial charge in [-0.15, -0.1) is 11.3 Å². The summed E-state index contributed by atoms with van der Waals surface area (Å²) in [5, 5.41) is 2.03. The van der Waals surface area contributed by atoms with Crippen molar-refractivity contribution in [1.82, 2.24) is 4.72 Å². The Labute approximate surface area is 151 Å². The van der Waals surface area contributed by atoms with Crippen LogP contribution in [0.5, 0.6) is 0 Å². The molecule has 0 radical (unpaired) electrons. The molecule has 0 saturated carbocycles. The Morgan fingerprint density at radius 3 is 2.65 bits per heavy atom. The van der Waals surface area contributed by atoms with Gasteiger partial charge < -0.3 is 4.74 Å². The van der Waals surface area contributed by atoms with Crippen molar-refractivity contribution in [2.24, 2.45) is 0 Å². The summed E-state index contributed by atoms with van der Waals surface area (Å²) in [6, 6.07) is 7.57. The van der Waals surface area contributed by atoms with Gasteiger partial charge in [-0.2, -0.15) is 0 Å². The Morgan fingerprint density at radius 1 is 1.39 bits per heavy atom. The van der Waals surface area contributed by atoms with Crippen LogP contribution >= 0.6 is 38.9 Å². The maximum Gasteiger partial charge on any atom is 0.307 e. The van der Waals surface area contributed by atoms with Crippen LogP contribution < -0.4 is 4.72 Å². The first-order chi connectivity index (χ1) is 10.8. The number of esters is 1. The zero-order valence-electron chi connectivity index (χ0n) is 12.0. The van der Waals surface area contributed by atoms with Crippen LogP contribution in [-0.4, -0.2) is 21.5 Å². The van der Waals surface area contributed by atoms with E-state index in [0.717, 1.165) is 11.3 Å². The van der Waals surface area contributed by atoms with Crippen LogP contribution in [0.25, 0.3) is 0 Å².